The number of rotatable bonds is 11. The predicted molar refractivity (Wildman–Crippen MR) is 143 cm³/mol. The fraction of sp³-hybridized carbons (Fsp3) is 0.500. The third-order valence-electron chi connectivity index (χ3n) is 6.18. The number of imidazole rings is 1. The summed E-state index contributed by atoms with van der Waals surface area (Å²) in [6, 6.07) is 7.06. The Hall–Kier alpha value is -3.36. The van der Waals surface area contributed by atoms with Gasteiger partial charge >= 0.3 is 13.7 Å². The van der Waals surface area contributed by atoms with Crippen molar-refractivity contribution in [1.82, 2.24) is 24.6 Å². The Morgan fingerprint density at radius 1 is 1.35 bits per heavy atom. The summed E-state index contributed by atoms with van der Waals surface area (Å²) in [6.45, 7) is 3.78. The molecule has 3 aromatic rings. The lowest BCUT2D eigenvalue weighted by molar-refractivity contribution is -0.144. The highest BCUT2D eigenvalue weighted by molar-refractivity contribution is 7.52. The molecule has 1 aliphatic rings. The van der Waals surface area contributed by atoms with Gasteiger partial charge in [0.15, 0.2) is 28.9 Å². The lowest BCUT2D eigenvalue weighted by Crippen LogP contribution is -2.41. The van der Waals surface area contributed by atoms with Crippen molar-refractivity contribution in [1.29, 1.82) is 0 Å². The third kappa shape index (κ3) is 6.03. The molecule has 0 amide bonds. The first-order valence-electron chi connectivity index (χ1n) is 12.5. The van der Waals surface area contributed by atoms with E-state index in [2.05, 4.69) is 20.0 Å². The maximum absolute atomic E-state index is 16.0. The molecule has 0 saturated carbocycles. The standard InChI is InChI=1S/C24H33FN7O7P/c1-6-36-21(34)14(2)30-40(35,39-15-10-8-7-9-11-15)37-12-16-18(33)24(3,25)22(38-16)32-13-27-17-19(31(4)5)28-23(26)29-20(17)32/h7-11,13-14,16,18,22,33H,6,12H2,1-5H3,(H,30,35)(H2,26,28,29)/t14-,16+,18+,22+,24+,40-/m0/s1. The molecule has 0 bridgehead atoms. The lowest BCUT2D eigenvalue weighted by atomic mass is 9.98. The molecule has 2 aromatic heterocycles. The van der Waals surface area contributed by atoms with Crippen LogP contribution in [-0.4, -0.2) is 81.8 Å². The van der Waals surface area contributed by atoms with Gasteiger partial charge in [0.1, 0.15) is 24.0 Å². The number of aliphatic hydroxyl groups excluding tert-OH is 1. The fourth-order valence-corrected chi connectivity index (χ4v) is 5.69. The number of halogens is 1. The van der Waals surface area contributed by atoms with Gasteiger partial charge in [-0.1, -0.05) is 18.2 Å². The molecule has 3 heterocycles. The van der Waals surface area contributed by atoms with Crippen molar-refractivity contribution in [3.8, 4) is 5.75 Å². The quantitative estimate of drug-likeness (QED) is 0.222. The summed E-state index contributed by atoms with van der Waals surface area (Å²) in [4.78, 5) is 26.5. The van der Waals surface area contributed by atoms with E-state index in [0.717, 1.165) is 6.92 Å². The largest absolute Gasteiger partial charge is 0.465 e. The van der Waals surface area contributed by atoms with E-state index in [9.17, 15) is 14.5 Å². The molecule has 1 aliphatic heterocycles. The van der Waals surface area contributed by atoms with Crippen molar-refractivity contribution in [2.45, 2.75) is 50.9 Å². The number of esters is 1. The Morgan fingerprint density at radius 3 is 2.70 bits per heavy atom. The van der Waals surface area contributed by atoms with Gasteiger partial charge in [-0.15, -0.1) is 0 Å². The zero-order chi connectivity index (χ0) is 29.2. The van der Waals surface area contributed by atoms with Crippen molar-refractivity contribution in [3.05, 3.63) is 36.7 Å². The highest BCUT2D eigenvalue weighted by Gasteiger charge is 2.56. The van der Waals surface area contributed by atoms with Crippen molar-refractivity contribution in [2.24, 2.45) is 0 Å². The third-order valence-corrected chi connectivity index (χ3v) is 7.83. The minimum Gasteiger partial charge on any atom is -0.465 e. The number of nitrogen functional groups attached to an aromatic ring is 1. The van der Waals surface area contributed by atoms with Crippen molar-refractivity contribution < 1.29 is 37.4 Å². The van der Waals surface area contributed by atoms with Gasteiger partial charge in [0, 0.05) is 14.1 Å². The number of aliphatic hydroxyl groups is 1. The van der Waals surface area contributed by atoms with E-state index in [1.807, 2.05) is 0 Å². The topological polar surface area (TPSA) is 176 Å². The first-order chi connectivity index (χ1) is 18.9. The van der Waals surface area contributed by atoms with Crippen LogP contribution in [0.2, 0.25) is 0 Å². The van der Waals surface area contributed by atoms with E-state index < -0.39 is 50.5 Å². The van der Waals surface area contributed by atoms with E-state index in [1.165, 1.54) is 17.8 Å². The average Bonchev–Trinajstić information content (AvgIpc) is 3.40. The Labute approximate surface area is 230 Å². The molecule has 0 unspecified atom stereocenters. The van der Waals surface area contributed by atoms with E-state index in [0.29, 0.717) is 11.3 Å². The number of nitrogens with two attached hydrogens (primary N) is 1. The van der Waals surface area contributed by atoms with Crippen LogP contribution in [0.1, 0.15) is 27.0 Å². The SMILES string of the molecule is CCOC(=O)[C@H](C)N[P@](=O)(OC[C@H]1O[C@@H](n2cnc3c(N(C)C)nc(N)nc32)[C@](C)(F)[C@@H]1O)Oc1ccccc1. The number of anilines is 2. The Kier molecular flexibility index (Phi) is 8.61. The Bertz CT molecular complexity index is 1390. The van der Waals surface area contributed by atoms with Gasteiger partial charge < -0.3 is 29.7 Å². The molecule has 1 aromatic carbocycles. The van der Waals surface area contributed by atoms with Crippen LogP contribution in [0.25, 0.3) is 11.2 Å². The summed E-state index contributed by atoms with van der Waals surface area (Å²) in [5.41, 5.74) is 4.07. The van der Waals surface area contributed by atoms with Gasteiger partial charge in [-0.3, -0.25) is 13.9 Å². The summed E-state index contributed by atoms with van der Waals surface area (Å²) in [5, 5.41) is 13.4. The molecule has 1 saturated heterocycles. The van der Waals surface area contributed by atoms with Crippen LogP contribution in [0.4, 0.5) is 16.2 Å². The van der Waals surface area contributed by atoms with E-state index in [1.54, 1.807) is 56.3 Å². The number of hydrogen-bond donors (Lipinski definition) is 3. The molecule has 1 fully saturated rings. The van der Waals surface area contributed by atoms with Crippen molar-refractivity contribution in [3.63, 3.8) is 0 Å². The van der Waals surface area contributed by atoms with Crippen LogP contribution < -0.4 is 20.2 Å². The molecule has 4 N–H and O–H groups in total. The molecule has 16 heteroatoms. The molecular formula is C24H33FN7O7P. The summed E-state index contributed by atoms with van der Waals surface area (Å²) in [5.74, 6) is -0.130. The van der Waals surface area contributed by atoms with Crippen LogP contribution in [0, 0.1) is 0 Å². The Balaban J connectivity index is 1.58. The second-order valence-corrected chi connectivity index (χ2v) is 11.2. The van der Waals surface area contributed by atoms with E-state index in [-0.39, 0.29) is 24.0 Å². The summed E-state index contributed by atoms with van der Waals surface area (Å²) >= 11 is 0. The maximum atomic E-state index is 16.0. The first-order valence-corrected chi connectivity index (χ1v) is 14.0. The number of para-hydroxylation sites is 1. The fourth-order valence-electron chi connectivity index (χ4n) is 4.19. The van der Waals surface area contributed by atoms with Crippen molar-refractivity contribution >= 4 is 36.6 Å². The van der Waals surface area contributed by atoms with Crippen LogP contribution in [0.15, 0.2) is 36.7 Å². The average molecular weight is 582 g/mol. The number of hydrogen-bond acceptors (Lipinski definition) is 12. The number of aromatic nitrogens is 4. The minimum atomic E-state index is -4.27. The van der Waals surface area contributed by atoms with Gasteiger partial charge in [-0.25, -0.2) is 13.9 Å². The van der Waals surface area contributed by atoms with Crippen molar-refractivity contribution in [2.75, 3.05) is 37.9 Å². The Morgan fingerprint density at radius 2 is 2.05 bits per heavy atom. The molecule has 0 spiro atoms. The highest BCUT2D eigenvalue weighted by atomic mass is 31.2. The molecular weight excluding hydrogens is 548 g/mol. The molecule has 6 atom stereocenters. The number of ether oxygens (including phenoxy) is 2. The molecule has 40 heavy (non-hydrogen) atoms. The monoisotopic (exact) mass is 581 g/mol. The van der Waals surface area contributed by atoms with E-state index in [4.69, 9.17) is 24.3 Å². The second kappa shape index (κ2) is 11.6. The summed E-state index contributed by atoms with van der Waals surface area (Å²) in [6.07, 6.45) is -3.09. The normalized spacial score (nSPS) is 24.9. The number of benzene rings is 1. The van der Waals surface area contributed by atoms with E-state index >= 15 is 4.39 Å². The van der Waals surface area contributed by atoms with Gasteiger partial charge in [-0.05, 0) is 32.9 Å². The highest BCUT2D eigenvalue weighted by Crippen LogP contribution is 2.48. The minimum absolute atomic E-state index is 0.0577. The molecule has 218 valence electrons. The smallest absolute Gasteiger partial charge is 0.459 e. The second-order valence-electron chi connectivity index (χ2n) is 9.55. The van der Waals surface area contributed by atoms with Crippen LogP contribution in [0.3, 0.4) is 0 Å². The van der Waals surface area contributed by atoms with Gasteiger partial charge in [-0.2, -0.15) is 15.1 Å². The molecule has 14 nitrogen and oxygen atoms in total. The van der Waals surface area contributed by atoms with Gasteiger partial charge in [0.2, 0.25) is 5.95 Å². The molecule has 0 radical (unpaired) electrons. The zero-order valence-corrected chi connectivity index (χ0v) is 23.6. The number of fused-ring (bicyclic) bond motifs is 1. The molecule has 0 aliphatic carbocycles. The van der Waals surface area contributed by atoms with Crippen LogP contribution >= 0.6 is 7.75 Å². The number of alkyl halides is 1. The number of carbonyl (C=O) groups excluding carboxylic acids is 1. The summed E-state index contributed by atoms with van der Waals surface area (Å²) in [7, 11) is -0.774. The van der Waals surface area contributed by atoms with Gasteiger partial charge in [0.05, 0.1) is 19.5 Å². The first kappa shape index (κ1) is 29.6. The van der Waals surface area contributed by atoms with Crippen LogP contribution in [0.5, 0.6) is 5.75 Å². The molecule has 4 rings (SSSR count). The predicted octanol–water partition coefficient (Wildman–Crippen LogP) is 2.21. The number of nitrogens with zero attached hydrogens (tertiary/aromatic N) is 5. The number of carbonyl (C=O) groups is 1. The van der Waals surface area contributed by atoms with Crippen LogP contribution in [-0.2, 0) is 23.4 Å². The lowest BCUT2D eigenvalue weighted by Gasteiger charge is -2.25. The zero-order valence-electron chi connectivity index (χ0n) is 22.7. The number of nitrogens with one attached hydrogen (secondary N) is 1. The van der Waals surface area contributed by atoms with Gasteiger partial charge in [0.25, 0.3) is 0 Å². The summed E-state index contributed by atoms with van der Waals surface area (Å²) < 4.78 is 53.0. The maximum Gasteiger partial charge on any atom is 0.459 e.